The summed E-state index contributed by atoms with van der Waals surface area (Å²) in [6, 6.07) is 9.51. The molecule has 1 saturated heterocycles. The Kier molecular flexibility index (Phi) is 5.04. The Labute approximate surface area is 145 Å². The summed E-state index contributed by atoms with van der Waals surface area (Å²) in [6.45, 7) is 2.35. The Hall–Kier alpha value is -2.08. The lowest BCUT2D eigenvalue weighted by Gasteiger charge is -2.35. The highest BCUT2D eigenvalue weighted by atomic mass is 32.2. The monoisotopic (exact) mass is 347 g/mol. The van der Waals surface area contributed by atoms with Crippen LogP contribution in [0, 0.1) is 6.92 Å². The van der Waals surface area contributed by atoms with Crippen LogP contribution in [0.15, 0.2) is 34.7 Å². The molecule has 0 N–H and O–H groups in total. The topological polar surface area (TPSA) is 51.9 Å². The number of carbonyl (C=O) groups is 1. The fourth-order valence-electron chi connectivity index (χ4n) is 2.82. The van der Waals surface area contributed by atoms with E-state index in [0.717, 1.165) is 34.3 Å². The Morgan fingerprint density at radius 1 is 1.25 bits per heavy atom. The van der Waals surface area contributed by atoms with E-state index in [9.17, 15) is 4.79 Å². The lowest BCUT2D eigenvalue weighted by atomic mass is 10.1. The van der Waals surface area contributed by atoms with Crippen molar-refractivity contribution in [1.29, 1.82) is 0 Å². The van der Waals surface area contributed by atoms with Crippen LogP contribution >= 0.6 is 11.8 Å². The third kappa shape index (κ3) is 3.38. The van der Waals surface area contributed by atoms with E-state index in [1.807, 2.05) is 42.2 Å². The molecule has 1 aromatic carbocycles. The number of ether oxygens (including phenoxy) is 2. The molecular formula is C18H21NO4S. The predicted molar refractivity (Wildman–Crippen MR) is 93.4 cm³/mol. The molecule has 5 nitrogen and oxygen atoms in total. The number of hydrogen-bond acceptors (Lipinski definition) is 5. The normalized spacial score (nSPS) is 17.9. The quantitative estimate of drug-likeness (QED) is 0.824. The van der Waals surface area contributed by atoms with E-state index < -0.39 is 0 Å². The zero-order valence-corrected chi connectivity index (χ0v) is 14.9. The average Bonchev–Trinajstić information content (AvgIpc) is 3.01. The summed E-state index contributed by atoms with van der Waals surface area (Å²) in [5.41, 5.74) is 0.943. The van der Waals surface area contributed by atoms with Gasteiger partial charge in [0.05, 0.1) is 20.8 Å². The summed E-state index contributed by atoms with van der Waals surface area (Å²) < 4.78 is 16.5. The summed E-state index contributed by atoms with van der Waals surface area (Å²) >= 11 is 1.73. The van der Waals surface area contributed by atoms with Crippen LogP contribution in [0.25, 0.3) is 0 Å². The van der Waals surface area contributed by atoms with Crippen molar-refractivity contribution in [2.45, 2.75) is 25.3 Å². The maximum Gasteiger partial charge on any atom is 0.224 e. The van der Waals surface area contributed by atoms with Gasteiger partial charge in [0.1, 0.15) is 28.4 Å². The van der Waals surface area contributed by atoms with Crippen LogP contribution in [0.3, 0.4) is 0 Å². The molecule has 3 rings (SSSR count). The van der Waals surface area contributed by atoms with Gasteiger partial charge in [-0.25, -0.2) is 0 Å². The van der Waals surface area contributed by atoms with E-state index in [1.165, 1.54) is 0 Å². The Bertz CT molecular complexity index is 728. The molecule has 1 aliphatic heterocycles. The first-order chi connectivity index (χ1) is 11.6. The fraction of sp³-hybridized carbons (Fsp3) is 0.389. The van der Waals surface area contributed by atoms with E-state index in [-0.39, 0.29) is 11.3 Å². The van der Waals surface area contributed by atoms with Gasteiger partial charge in [0.25, 0.3) is 0 Å². The number of methoxy groups -OCH3 is 2. The lowest BCUT2D eigenvalue weighted by Crippen LogP contribution is -2.36. The molecule has 0 spiro atoms. The van der Waals surface area contributed by atoms with Gasteiger partial charge in [-0.15, -0.1) is 11.8 Å². The number of nitrogens with zero attached hydrogens (tertiary/aromatic N) is 1. The number of benzene rings is 1. The molecule has 1 amide bonds. The first-order valence-electron chi connectivity index (χ1n) is 7.80. The van der Waals surface area contributed by atoms with E-state index >= 15 is 0 Å². The largest absolute Gasteiger partial charge is 0.497 e. The summed E-state index contributed by atoms with van der Waals surface area (Å²) in [4.78, 5) is 14.4. The number of furan rings is 1. The number of rotatable bonds is 5. The summed E-state index contributed by atoms with van der Waals surface area (Å²) in [7, 11) is 3.27. The second-order valence-corrected chi connectivity index (χ2v) is 6.80. The molecule has 24 heavy (non-hydrogen) atoms. The highest BCUT2D eigenvalue weighted by molar-refractivity contribution is 7.99. The van der Waals surface area contributed by atoms with Gasteiger partial charge in [0.2, 0.25) is 5.91 Å². The first kappa shape index (κ1) is 16.8. The zero-order valence-electron chi connectivity index (χ0n) is 14.1. The van der Waals surface area contributed by atoms with Gasteiger partial charge in [-0.3, -0.25) is 4.79 Å². The highest BCUT2D eigenvalue weighted by Gasteiger charge is 2.32. The molecule has 1 aromatic heterocycles. The summed E-state index contributed by atoms with van der Waals surface area (Å²) in [5, 5.41) is -0.123. The minimum atomic E-state index is -0.123. The van der Waals surface area contributed by atoms with Crippen LogP contribution in [0.2, 0.25) is 0 Å². The maximum absolute atomic E-state index is 12.5. The first-order valence-corrected chi connectivity index (χ1v) is 8.85. The maximum atomic E-state index is 12.5. The van der Waals surface area contributed by atoms with Crippen molar-refractivity contribution in [3.8, 4) is 11.5 Å². The standard InChI is InChI=1S/C18H21NO4S/c1-12-4-5-14(23-12)11-19-17(20)8-9-24-18(19)15-10-13(21-2)6-7-16(15)22-3/h4-7,10,18H,8-9,11H2,1-3H3. The van der Waals surface area contributed by atoms with Crippen LogP contribution in [0.1, 0.15) is 28.9 Å². The van der Waals surface area contributed by atoms with E-state index in [0.29, 0.717) is 13.0 Å². The van der Waals surface area contributed by atoms with Crippen molar-refractivity contribution in [1.82, 2.24) is 4.90 Å². The van der Waals surface area contributed by atoms with Crippen LogP contribution in [0.5, 0.6) is 11.5 Å². The van der Waals surface area contributed by atoms with Crippen molar-refractivity contribution in [2.75, 3.05) is 20.0 Å². The summed E-state index contributed by atoms with van der Waals surface area (Å²) in [5.74, 6) is 4.05. The number of thioether (sulfide) groups is 1. The van der Waals surface area contributed by atoms with Gasteiger partial charge < -0.3 is 18.8 Å². The summed E-state index contributed by atoms with van der Waals surface area (Å²) in [6.07, 6.45) is 0.535. The van der Waals surface area contributed by atoms with Crippen molar-refractivity contribution < 1.29 is 18.7 Å². The predicted octanol–water partition coefficient (Wildman–Crippen LogP) is 3.77. The van der Waals surface area contributed by atoms with Gasteiger partial charge in [0.15, 0.2) is 0 Å². The molecule has 6 heteroatoms. The second-order valence-electron chi connectivity index (χ2n) is 5.62. The number of aryl methyl sites for hydroxylation is 1. The minimum Gasteiger partial charge on any atom is -0.497 e. The van der Waals surface area contributed by atoms with Crippen molar-refractivity contribution >= 4 is 17.7 Å². The highest BCUT2D eigenvalue weighted by Crippen LogP contribution is 2.43. The van der Waals surface area contributed by atoms with Gasteiger partial charge in [-0.05, 0) is 37.3 Å². The molecule has 0 radical (unpaired) electrons. The van der Waals surface area contributed by atoms with Crippen molar-refractivity contribution in [2.24, 2.45) is 0 Å². The molecule has 1 fully saturated rings. The van der Waals surface area contributed by atoms with E-state index in [4.69, 9.17) is 13.9 Å². The molecule has 1 aliphatic rings. The van der Waals surface area contributed by atoms with Gasteiger partial charge in [0, 0.05) is 17.7 Å². The van der Waals surface area contributed by atoms with Crippen LogP contribution in [-0.2, 0) is 11.3 Å². The minimum absolute atomic E-state index is 0.123. The number of carbonyl (C=O) groups excluding carboxylic acids is 1. The molecule has 0 bridgehead atoms. The Morgan fingerprint density at radius 3 is 2.75 bits per heavy atom. The SMILES string of the molecule is COc1ccc(OC)c(C2SCCC(=O)N2Cc2ccc(C)o2)c1. The zero-order chi connectivity index (χ0) is 17.1. The van der Waals surface area contributed by atoms with Crippen molar-refractivity contribution in [3.63, 3.8) is 0 Å². The molecule has 1 unspecified atom stereocenters. The molecule has 2 aromatic rings. The average molecular weight is 347 g/mol. The smallest absolute Gasteiger partial charge is 0.224 e. The van der Waals surface area contributed by atoms with E-state index in [1.54, 1.807) is 26.0 Å². The molecule has 1 atom stereocenters. The van der Waals surface area contributed by atoms with Crippen LogP contribution in [-0.4, -0.2) is 30.8 Å². The van der Waals surface area contributed by atoms with E-state index in [2.05, 4.69) is 0 Å². The van der Waals surface area contributed by atoms with Gasteiger partial charge >= 0.3 is 0 Å². The van der Waals surface area contributed by atoms with Crippen LogP contribution < -0.4 is 9.47 Å². The molecular weight excluding hydrogens is 326 g/mol. The molecule has 2 heterocycles. The lowest BCUT2D eigenvalue weighted by molar-refractivity contribution is -0.133. The Morgan fingerprint density at radius 2 is 2.08 bits per heavy atom. The second kappa shape index (κ2) is 7.21. The number of amides is 1. The molecule has 128 valence electrons. The molecule has 0 aliphatic carbocycles. The number of hydrogen-bond donors (Lipinski definition) is 0. The van der Waals surface area contributed by atoms with Crippen molar-refractivity contribution in [3.05, 3.63) is 47.4 Å². The fourth-order valence-corrected chi connectivity index (χ4v) is 4.07. The van der Waals surface area contributed by atoms with Crippen LogP contribution in [0.4, 0.5) is 0 Å². The third-order valence-electron chi connectivity index (χ3n) is 4.02. The molecule has 0 saturated carbocycles. The third-order valence-corrected chi connectivity index (χ3v) is 5.28. The Balaban J connectivity index is 1.95. The van der Waals surface area contributed by atoms with Gasteiger partial charge in [-0.1, -0.05) is 0 Å². The van der Waals surface area contributed by atoms with Gasteiger partial charge in [-0.2, -0.15) is 0 Å².